The molecule has 0 aliphatic carbocycles. The highest BCUT2D eigenvalue weighted by molar-refractivity contribution is 7.09. The van der Waals surface area contributed by atoms with Gasteiger partial charge in [0.1, 0.15) is 5.01 Å². The van der Waals surface area contributed by atoms with Crippen LogP contribution in [0.1, 0.15) is 37.0 Å². The van der Waals surface area contributed by atoms with E-state index in [1.165, 1.54) is 18.1 Å². The number of likely N-dealkylation sites (N-methyl/N-ethyl adjacent to an activating group) is 1. The number of piperazine rings is 1. The maximum absolute atomic E-state index is 5.84. The third-order valence-corrected chi connectivity index (χ3v) is 4.94. The summed E-state index contributed by atoms with van der Waals surface area (Å²) in [6.45, 7) is 10.3. The minimum Gasteiger partial charge on any atom is -0.301 e. The largest absolute Gasteiger partial charge is 0.301 e. The molecule has 1 aromatic heterocycles. The third kappa shape index (κ3) is 3.23. The zero-order chi connectivity index (χ0) is 13.0. The van der Waals surface area contributed by atoms with Crippen LogP contribution in [-0.4, -0.2) is 47.5 Å². The summed E-state index contributed by atoms with van der Waals surface area (Å²) in [5, 5.41) is 3.32. The van der Waals surface area contributed by atoms with Crippen molar-refractivity contribution in [1.82, 2.24) is 14.8 Å². The Kier molecular flexibility index (Phi) is 5.42. The number of thiazole rings is 1. The number of rotatable bonds is 5. The Morgan fingerprint density at radius 3 is 2.56 bits per heavy atom. The summed E-state index contributed by atoms with van der Waals surface area (Å²) in [7, 11) is 0. The Hall–Kier alpha value is -0.160. The van der Waals surface area contributed by atoms with Crippen molar-refractivity contribution < 1.29 is 0 Å². The third-order valence-electron chi connectivity index (χ3n) is 3.67. The van der Waals surface area contributed by atoms with Gasteiger partial charge in [0.2, 0.25) is 0 Å². The molecule has 0 amide bonds. The second kappa shape index (κ2) is 6.85. The van der Waals surface area contributed by atoms with E-state index in [9.17, 15) is 0 Å². The Balaban J connectivity index is 2.00. The molecule has 1 aromatic rings. The lowest BCUT2D eigenvalue weighted by Crippen LogP contribution is -2.47. The number of alkyl halides is 1. The lowest BCUT2D eigenvalue weighted by molar-refractivity contribution is 0.0969. The van der Waals surface area contributed by atoms with E-state index in [4.69, 9.17) is 11.6 Å². The first-order chi connectivity index (χ1) is 8.78. The normalized spacial score (nSPS) is 20.2. The van der Waals surface area contributed by atoms with Crippen molar-refractivity contribution >= 4 is 22.9 Å². The van der Waals surface area contributed by atoms with Crippen LogP contribution in [0.5, 0.6) is 0 Å². The maximum atomic E-state index is 5.84. The molecule has 18 heavy (non-hydrogen) atoms. The smallest absolute Gasteiger partial charge is 0.110 e. The number of aromatic nitrogens is 1. The topological polar surface area (TPSA) is 19.4 Å². The minimum absolute atomic E-state index is 0.478. The summed E-state index contributed by atoms with van der Waals surface area (Å²) in [5.74, 6) is 0.524. The summed E-state index contributed by atoms with van der Waals surface area (Å²) in [6.07, 6.45) is 1.13. The standard InChI is InChI=1S/C13H22ClN3S/c1-3-12(13-15-11(9-14)10-18-13)17-7-5-16(4-2)6-8-17/h10,12H,3-9H2,1-2H3. The highest BCUT2D eigenvalue weighted by Crippen LogP contribution is 2.28. The van der Waals surface area contributed by atoms with Crippen LogP contribution >= 0.6 is 22.9 Å². The molecule has 1 unspecified atom stereocenters. The molecule has 0 saturated carbocycles. The molecule has 0 bridgehead atoms. The highest BCUT2D eigenvalue weighted by atomic mass is 35.5. The molecule has 0 N–H and O–H groups in total. The first-order valence-electron chi connectivity index (χ1n) is 6.75. The van der Waals surface area contributed by atoms with Gasteiger partial charge in [-0.05, 0) is 13.0 Å². The van der Waals surface area contributed by atoms with Crippen LogP contribution in [0.15, 0.2) is 5.38 Å². The molecule has 1 aliphatic heterocycles. The van der Waals surface area contributed by atoms with E-state index in [2.05, 4.69) is 34.0 Å². The molecule has 1 saturated heterocycles. The van der Waals surface area contributed by atoms with Crippen LogP contribution in [0.3, 0.4) is 0 Å². The number of nitrogens with zero attached hydrogens (tertiary/aromatic N) is 3. The van der Waals surface area contributed by atoms with Crippen molar-refractivity contribution in [2.45, 2.75) is 32.2 Å². The fourth-order valence-electron chi connectivity index (χ4n) is 2.52. The molecule has 0 spiro atoms. The second-order valence-electron chi connectivity index (χ2n) is 4.70. The zero-order valence-electron chi connectivity index (χ0n) is 11.2. The van der Waals surface area contributed by atoms with Gasteiger partial charge in [-0.25, -0.2) is 4.98 Å². The average Bonchev–Trinajstić information content (AvgIpc) is 2.89. The van der Waals surface area contributed by atoms with Gasteiger partial charge in [-0.3, -0.25) is 4.90 Å². The van der Waals surface area contributed by atoms with Crippen LogP contribution in [0, 0.1) is 0 Å². The molecule has 0 radical (unpaired) electrons. The lowest BCUT2D eigenvalue weighted by Gasteiger charge is -2.37. The second-order valence-corrected chi connectivity index (χ2v) is 5.86. The van der Waals surface area contributed by atoms with Crippen molar-refractivity contribution in [2.75, 3.05) is 32.7 Å². The maximum Gasteiger partial charge on any atom is 0.110 e. The van der Waals surface area contributed by atoms with Gasteiger partial charge in [0.05, 0.1) is 17.6 Å². The summed E-state index contributed by atoms with van der Waals surface area (Å²) < 4.78 is 0. The summed E-state index contributed by atoms with van der Waals surface area (Å²) in [4.78, 5) is 9.73. The number of halogens is 1. The van der Waals surface area contributed by atoms with E-state index in [1.54, 1.807) is 11.3 Å². The quantitative estimate of drug-likeness (QED) is 0.776. The van der Waals surface area contributed by atoms with E-state index in [0.717, 1.165) is 31.7 Å². The van der Waals surface area contributed by atoms with Crippen LogP contribution in [0.25, 0.3) is 0 Å². The van der Waals surface area contributed by atoms with Gasteiger partial charge in [-0.2, -0.15) is 0 Å². The minimum atomic E-state index is 0.478. The van der Waals surface area contributed by atoms with Gasteiger partial charge >= 0.3 is 0 Å². The van der Waals surface area contributed by atoms with Gasteiger partial charge in [0.15, 0.2) is 0 Å². The monoisotopic (exact) mass is 287 g/mol. The molecule has 2 rings (SSSR count). The van der Waals surface area contributed by atoms with Gasteiger partial charge in [-0.1, -0.05) is 13.8 Å². The predicted octanol–water partition coefficient (Wildman–Crippen LogP) is 2.97. The summed E-state index contributed by atoms with van der Waals surface area (Å²) in [5.41, 5.74) is 1.02. The Morgan fingerprint density at radius 1 is 1.33 bits per heavy atom. The van der Waals surface area contributed by atoms with Gasteiger partial charge < -0.3 is 4.90 Å². The van der Waals surface area contributed by atoms with Crippen LogP contribution in [-0.2, 0) is 5.88 Å². The molecule has 5 heteroatoms. The van der Waals surface area contributed by atoms with E-state index >= 15 is 0 Å². The molecule has 1 aliphatic rings. The van der Waals surface area contributed by atoms with E-state index < -0.39 is 0 Å². The Labute approximate surface area is 119 Å². The fourth-order valence-corrected chi connectivity index (χ4v) is 3.78. The average molecular weight is 288 g/mol. The van der Waals surface area contributed by atoms with Crippen LogP contribution in [0.2, 0.25) is 0 Å². The van der Waals surface area contributed by atoms with Gasteiger partial charge in [0.25, 0.3) is 0 Å². The van der Waals surface area contributed by atoms with Crippen LogP contribution in [0.4, 0.5) is 0 Å². The molecule has 102 valence electrons. The molecule has 0 aromatic carbocycles. The summed E-state index contributed by atoms with van der Waals surface area (Å²) in [6, 6.07) is 0.478. The lowest BCUT2D eigenvalue weighted by atomic mass is 10.1. The number of hydrogen-bond donors (Lipinski definition) is 0. The van der Waals surface area contributed by atoms with E-state index in [0.29, 0.717) is 11.9 Å². The SMILES string of the molecule is CCC(c1nc(CCl)cs1)N1CCN(CC)CC1. The molecular weight excluding hydrogens is 266 g/mol. The summed E-state index contributed by atoms with van der Waals surface area (Å²) >= 11 is 7.59. The molecule has 1 atom stereocenters. The first kappa shape index (κ1) is 14.3. The molecular formula is C13H22ClN3S. The van der Waals surface area contributed by atoms with Crippen molar-refractivity contribution in [1.29, 1.82) is 0 Å². The van der Waals surface area contributed by atoms with Gasteiger partial charge in [0, 0.05) is 31.6 Å². The number of hydrogen-bond acceptors (Lipinski definition) is 4. The van der Waals surface area contributed by atoms with Gasteiger partial charge in [-0.15, -0.1) is 22.9 Å². The highest BCUT2D eigenvalue weighted by Gasteiger charge is 2.25. The Morgan fingerprint density at radius 2 is 2.06 bits per heavy atom. The van der Waals surface area contributed by atoms with E-state index in [-0.39, 0.29) is 0 Å². The van der Waals surface area contributed by atoms with Crippen LogP contribution < -0.4 is 0 Å². The predicted molar refractivity (Wildman–Crippen MR) is 78.4 cm³/mol. The molecule has 1 fully saturated rings. The molecule has 3 nitrogen and oxygen atoms in total. The molecule has 2 heterocycles. The van der Waals surface area contributed by atoms with E-state index in [1.807, 2.05) is 0 Å². The Bertz CT molecular complexity index is 361. The first-order valence-corrected chi connectivity index (χ1v) is 8.16. The fraction of sp³-hybridized carbons (Fsp3) is 0.769. The van der Waals surface area contributed by atoms with Crippen molar-refractivity contribution in [3.05, 3.63) is 16.1 Å². The van der Waals surface area contributed by atoms with Crippen molar-refractivity contribution in [3.63, 3.8) is 0 Å². The van der Waals surface area contributed by atoms with Crippen molar-refractivity contribution in [2.24, 2.45) is 0 Å². The zero-order valence-corrected chi connectivity index (χ0v) is 12.8. The van der Waals surface area contributed by atoms with Crippen molar-refractivity contribution in [3.8, 4) is 0 Å².